The van der Waals surface area contributed by atoms with Crippen molar-refractivity contribution >= 4 is 17.5 Å². The van der Waals surface area contributed by atoms with Gasteiger partial charge in [-0.25, -0.2) is 9.18 Å². The molecule has 0 saturated carbocycles. The minimum atomic E-state index is -0.289. The smallest absolute Gasteiger partial charge is 0.319 e. The van der Waals surface area contributed by atoms with Gasteiger partial charge in [-0.1, -0.05) is 24.3 Å². The fourth-order valence-corrected chi connectivity index (χ4v) is 3.60. The van der Waals surface area contributed by atoms with Gasteiger partial charge in [0.2, 0.25) is 0 Å². The number of amides is 2. The lowest BCUT2D eigenvalue weighted by molar-refractivity contribution is 0.101. The number of nitrogens with one attached hydrogen (secondary N) is 3. The molecule has 148 valence electrons. The Balaban J connectivity index is 1.46. The average Bonchev–Trinajstić information content (AvgIpc) is 2.69. The molecule has 2 amide bonds. The highest BCUT2D eigenvalue weighted by molar-refractivity contribution is 5.96. The van der Waals surface area contributed by atoms with E-state index in [0.717, 1.165) is 31.4 Å². The van der Waals surface area contributed by atoms with Gasteiger partial charge < -0.3 is 16.0 Å². The standard InChI is InChI=1S/C22H26FN3O2/c1-15(27)18-3-2-4-20(13-18)26-22(28)25-14-21-12-17(9-10-24-21)11-16-5-7-19(23)8-6-16/h2-8,13,17,21,24H,9-12,14H2,1H3,(H2,25,26,28)/t17-,21-/m1/s1. The summed E-state index contributed by atoms with van der Waals surface area (Å²) >= 11 is 0. The van der Waals surface area contributed by atoms with Crippen LogP contribution in [0.1, 0.15) is 35.7 Å². The van der Waals surface area contributed by atoms with E-state index in [4.69, 9.17) is 0 Å². The topological polar surface area (TPSA) is 70.2 Å². The maximum atomic E-state index is 13.0. The molecule has 0 spiro atoms. The molecule has 3 N–H and O–H groups in total. The first-order valence-electron chi connectivity index (χ1n) is 9.63. The maximum absolute atomic E-state index is 13.0. The highest BCUT2D eigenvalue weighted by Gasteiger charge is 2.22. The van der Waals surface area contributed by atoms with Gasteiger partial charge in [-0.15, -0.1) is 0 Å². The van der Waals surface area contributed by atoms with Crippen LogP contribution in [0.25, 0.3) is 0 Å². The number of benzene rings is 2. The molecule has 5 nitrogen and oxygen atoms in total. The highest BCUT2D eigenvalue weighted by atomic mass is 19.1. The molecule has 1 saturated heterocycles. The number of anilines is 1. The molecule has 0 radical (unpaired) electrons. The van der Waals surface area contributed by atoms with Crippen LogP contribution in [0.3, 0.4) is 0 Å². The third kappa shape index (κ3) is 5.89. The number of carbonyl (C=O) groups excluding carboxylic acids is 2. The number of ketones is 1. The summed E-state index contributed by atoms with van der Waals surface area (Å²) in [5.74, 6) is 0.257. The van der Waals surface area contributed by atoms with Crippen molar-refractivity contribution in [2.24, 2.45) is 5.92 Å². The summed E-state index contributed by atoms with van der Waals surface area (Å²) in [5.41, 5.74) is 2.30. The van der Waals surface area contributed by atoms with Gasteiger partial charge in [0.05, 0.1) is 0 Å². The molecular weight excluding hydrogens is 357 g/mol. The highest BCUT2D eigenvalue weighted by Crippen LogP contribution is 2.21. The summed E-state index contributed by atoms with van der Waals surface area (Å²) in [6.45, 7) is 2.93. The average molecular weight is 383 g/mol. The first-order valence-corrected chi connectivity index (χ1v) is 9.63. The van der Waals surface area contributed by atoms with Crippen LogP contribution in [-0.4, -0.2) is 30.9 Å². The van der Waals surface area contributed by atoms with E-state index < -0.39 is 0 Å². The van der Waals surface area contributed by atoms with E-state index in [2.05, 4.69) is 16.0 Å². The van der Waals surface area contributed by atoms with E-state index in [1.807, 2.05) is 12.1 Å². The molecular formula is C22H26FN3O2. The number of rotatable bonds is 6. The van der Waals surface area contributed by atoms with Crippen molar-refractivity contribution < 1.29 is 14.0 Å². The summed E-state index contributed by atoms with van der Waals surface area (Å²) < 4.78 is 13.0. The predicted molar refractivity (Wildman–Crippen MR) is 108 cm³/mol. The Hall–Kier alpha value is -2.73. The Labute approximate surface area is 164 Å². The monoisotopic (exact) mass is 383 g/mol. The Kier molecular flexibility index (Phi) is 6.76. The number of hydrogen-bond donors (Lipinski definition) is 3. The fraction of sp³-hybridized carbons (Fsp3) is 0.364. The fourth-order valence-electron chi connectivity index (χ4n) is 3.60. The van der Waals surface area contributed by atoms with Crippen molar-refractivity contribution in [2.75, 3.05) is 18.4 Å². The van der Waals surface area contributed by atoms with Crippen LogP contribution in [0.4, 0.5) is 14.9 Å². The van der Waals surface area contributed by atoms with E-state index in [1.165, 1.54) is 19.1 Å². The predicted octanol–water partition coefficient (Wildman–Crippen LogP) is 3.76. The summed E-state index contributed by atoms with van der Waals surface area (Å²) in [7, 11) is 0. The van der Waals surface area contributed by atoms with E-state index in [-0.39, 0.29) is 23.7 Å². The molecule has 2 aromatic carbocycles. The number of piperidine rings is 1. The second-order valence-electron chi connectivity index (χ2n) is 7.34. The summed E-state index contributed by atoms with van der Waals surface area (Å²) in [6.07, 6.45) is 2.94. The van der Waals surface area contributed by atoms with Gasteiger partial charge >= 0.3 is 6.03 Å². The van der Waals surface area contributed by atoms with Crippen LogP contribution in [0.5, 0.6) is 0 Å². The molecule has 0 aromatic heterocycles. The van der Waals surface area contributed by atoms with E-state index in [1.54, 1.807) is 24.3 Å². The van der Waals surface area contributed by atoms with Crippen molar-refractivity contribution in [3.63, 3.8) is 0 Å². The van der Waals surface area contributed by atoms with E-state index >= 15 is 0 Å². The van der Waals surface area contributed by atoms with Crippen LogP contribution >= 0.6 is 0 Å². The largest absolute Gasteiger partial charge is 0.336 e. The van der Waals surface area contributed by atoms with Crippen LogP contribution in [0.2, 0.25) is 0 Å². The number of halogens is 1. The molecule has 2 atom stereocenters. The van der Waals surface area contributed by atoms with Gasteiger partial charge in [0, 0.05) is 23.8 Å². The van der Waals surface area contributed by atoms with Crippen LogP contribution in [0.15, 0.2) is 48.5 Å². The van der Waals surface area contributed by atoms with Crippen molar-refractivity contribution in [3.05, 3.63) is 65.5 Å². The number of hydrogen-bond acceptors (Lipinski definition) is 3. The molecule has 1 aliphatic rings. The van der Waals surface area contributed by atoms with Crippen molar-refractivity contribution in [2.45, 2.75) is 32.2 Å². The summed E-state index contributed by atoms with van der Waals surface area (Å²) in [5, 5.41) is 9.10. The zero-order valence-corrected chi connectivity index (χ0v) is 16.0. The van der Waals surface area contributed by atoms with E-state index in [0.29, 0.717) is 23.7 Å². The Morgan fingerprint density at radius 1 is 1.18 bits per heavy atom. The number of urea groups is 1. The second-order valence-corrected chi connectivity index (χ2v) is 7.34. The third-order valence-corrected chi connectivity index (χ3v) is 5.08. The normalized spacial score (nSPS) is 19.1. The first-order chi connectivity index (χ1) is 13.5. The minimum absolute atomic E-state index is 0.0392. The molecule has 1 aliphatic heterocycles. The second kappa shape index (κ2) is 9.46. The molecule has 1 heterocycles. The van der Waals surface area contributed by atoms with Gasteiger partial charge in [-0.3, -0.25) is 4.79 Å². The quantitative estimate of drug-likeness (QED) is 0.665. The Bertz CT molecular complexity index is 823. The lowest BCUT2D eigenvalue weighted by atomic mass is 9.87. The SMILES string of the molecule is CC(=O)c1cccc(NC(=O)NC[C@H]2C[C@@H](Cc3ccc(F)cc3)CCN2)c1. The zero-order valence-electron chi connectivity index (χ0n) is 16.0. The molecule has 3 rings (SSSR count). The molecule has 0 bridgehead atoms. The number of Topliss-reactive ketones (excluding diaryl/α,β-unsaturated/α-hetero) is 1. The Morgan fingerprint density at radius 3 is 2.71 bits per heavy atom. The van der Waals surface area contributed by atoms with Gasteiger partial charge in [0.1, 0.15) is 5.82 Å². The number of carbonyl (C=O) groups is 2. The summed E-state index contributed by atoms with van der Waals surface area (Å²) in [4.78, 5) is 23.6. The van der Waals surface area contributed by atoms with Gasteiger partial charge in [0.25, 0.3) is 0 Å². The van der Waals surface area contributed by atoms with Gasteiger partial charge in [0.15, 0.2) is 5.78 Å². The lowest BCUT2D eigenvalue weighted by Crippen LogP contribution is -2.47. The molecule has 1 fully saturated rings. The van der Waals surface area contributed by atoms with Crippen molar-refractivity contribution in [1.82, 2.24) is 10.6 Å². The van der Waals surface area contributed by atoms with Gasteiger partial charge in [-0.05, 0) is 68.5 Å². The van der Waals surface area contributed by atoms with E-state index in [9.17, 15) is 14.0 Å². The lowest BCUT2D eigenvalue weighted by Gasteiger charge is -2.30. The first kappa shape index (κ1) is 20.0. The van der Waals surface area contributed by atoms with Gasteiger partial charge in [-0.2, -0.15) is 0 Å². The summed E-state index contributed by atoms with van der Waals surface area (Å²) in [6, 6.07) is 13.5. The zero-order chi connectivity index (χ0) is 19.9. The molecule has 0 unspecified atom stereocenters. The minimum Gasteiger partial charge on any atom is -0.336 e. The third-order valence-electron chi connectivity index (χ3n) is 5.08. The van der Waals surface area contributed by atoms with Crippen LogP contribution in [0, 0.1) is 11.7 Å². The Morgan fingerprint density at radius 2 is 1.96 bits per heavy atom. The van der Waals surface area contributed by atoms with Crippen molar-refractivity contribution in [1.29, 1.82) is 0 Å². The molecule has 0 aliphatic carbocycles. The van der Waals surface area contributed by atoms with Crippen LogP contribution < -0.4 is 16.0 Å². The van der Waals surface area contributed by atoms with Crippen LogP contribution in [-0.2, 0) is 6.42 Å². The molecule has 2 aromatic rings. The molecule has 28 heavy (non-hydrogen) atoms. The van der Waals surface area contributed by atoms with Crippen molar-refractivity contribution in [3.8, 4) is 0 Å². The maximum Gasteiger partial charge on any atom is 0.319 e. The molecule has 6 heteroatoms.